The Morgan fingerprint density at radius 1 is 1.31 bits per heavy atom. The third-order valence-corrected chi connectivity index (χ3v) is 2.51. The van der Waals surface area contributed by atoms with Gasteiger partial charge < -0.3 is 5.73 Å². The molecular weight excluding hydrogens is 204 g/mol. The Hall–Kier alpha value is -0.250. The summed E-state index contributed by atoms with van der Waals surface area (Å²) in [4.78, 5) is 4.23. The Bertz CT molecular complexity index is 206. The fourth-order valence-corrected chi connectivity index (χ4v) is 1.63. The van der Waals surface area contributed by atoms with Crippen molar-refractivity contribution in [1.29, 1.82) is 0 Å². The molecule has 74 valence electrons. The van der Waals surface area contributed by atoms with Gasteiger partial charge in [-0.15, -0.1) is 12.4 Å². The first-order chi connectivity index (χ1) is 5.93. The zero-order chi connectivity index (χ0) is 8.65. The Balaban J connectivity index is 0.00000144. The van der Waals surface area contributed by atoms with Crippen molar-refractivity contribution < 1.29 is 0 Å². The predicted octanol–water partition coefficient (Wildman–Crippen LogP) is 1.74. The molecule has 13 heavy (non-hydrogen) atoms. The van der Waals surface area contributed by atoms with Crippen LogP contribution in [-0.2, 0) is 6.42 Å². The molecule has 0 radical (unpaired) electrons. The van der Waals surface area contributed by atoms with E-state index in [1.807, 2.05) is 30.1 Å². The van der Waals surface area contributed by atoms with E-state index in [9.17, 15) is 0 Å². The van der Waals surface area contributed by atoms with Gasteiger partial charge in [0, 0.05) is 24.2 Å². The van der Waals surface area contributed by atoms with Gasteiger partial charge >= 0.3 is 0 Å². The maximum absolute atomic E-state index is 5.37. The molecule has 2 nitrogen and oxygen atoms in total. The summed E-state index contributed by atoms with van der Waals surface area (Å²) in [7, 11) is 0. The highest BCUT2D eigenvalue weighted by atomic mass is 35.5. The lowest BCUT2D eigenvalue weighted by Crippen LogP contribution is -2.02. The molecule has 0 fully saturated rings. The summed E-state index contributed by atoms with van der Waals surface area (Å²) in [5.74, 6) is 2.17. The monoisotopic (exact) mass is 218 g/mol. The minimum absolute atomic E-state index is 0. The van der Waals surface area contributed by atoms with Crippen LogP contribution < -0.4 is 5.73 Å². The number of aryl methyl sites for hydroxylation is 1. The fraction of sp³-hybridized carbons (Fsp3) is 0.444. The number of thioether (sulfide) groups is 1. The van der Waals surface area contributed by atoms with Crippen molar-refractivity contribution in [2.45, 2.75) is 6.42 Å². The van der Waals surface area contributed by atoms with Crippen molar-refractivity contribution in [1.82, 2.24) is 4.98 Å². The largest absolute Gasteiger partial charge is 0.330 e. The molecule has 0 unspecified atom stereocenters. The highest BCUT2D eigenvalue weighted by molar-refractivity contribution is 7.99. The molecular formula is C9H15ClN2S. The van der Waals surface area contributed by atoms with Crippen LogP contribution >= 0.6 is 24.2 Å². The maximum atomic E-state index is 5.37. The Morgan fingerprint density at radius 2 is 2.15 bits per heavy atom. The predicted molar refractivity (Wildman–Crippen MR) is 61.6 cm³/mol. The van der Waals surface area contributed by atoms with Gasteiger partial charge in [-0.1, -0.05) is 6.07 Å². The standard InChI is InChI=1S/C9H14N2S.ClH/c10-5-8-12-7-4-9-3-1-2-6-11-9;/h1-3,6H,4-5,7-8,10H2;1H. The highest BCUT2D eigenvalue weighted by Gasteiger charge is 1.92. The number of pyridine rings is 1. The second-order valence-corrected chi connectivity index (χ2v) is 3.70. The zero-order valence-electron chi connectivity index (χ0n) is 7.48. The van der Waals surface area contributed by atoms with E-state index in [1.54, 1.807) is 0 Å². The zero-order valence-corrected chi connectivity index (χ0v) is 9.11. The number of halogens is 1. The highest BCUT2D eigenvalue weighted by Crippen LogP contribution is 2.03. The van der Waals surface area contributed by atoms with Crippen LogP contribution in [0, 0.1) is 0 Å². The van der Waals surface area contributed by atoms with Crippen LogP contribution in [0.5, 0.6) is 0 Å². The normalized spacial score (nSPS) is 9.31. The van der Waals surface area contributed by atoms with E-state index < -0.39 is 0 Å². The molecule has 1 aromatic rings. The minimum atomic E-state index is 0. The smallest absolute Gasteiger partial charge is 0.0411 e. The molecule has 4 heteroatoms. The number of nitrogens with two attached hydrogens (primary N) is 1. The van der Waals surface area contributed by atoms with Gasteiger partial charge in [0.1, 0.15) is 0 Å². The summed E-state index contributed by atoms with van der Waals surface area (Å²) in [6, 6.07) is 6.02. The van der Waals surface area contributed by atoms with E-state index in [-0.39, 0.29) is 12.4 Å². The van der Waals surface area contributed by atoms with Crippen molar-refractivity contribution >= 4 is 24.2 Å². The third-order valence-electron chi connectivity index (χ3n) is 1.49. The Kier molecular flexibility index (Phi) is 8.19. The first-order valence-electron chi connectivity index (χ1n) is 4.11. The molecule has 0 spiro atoms. The molecule has 2 N–H and O–H groups in total. The molecule has 0 saturated carbocycles. The molecule has 0 aliphatic carbocycles. The van der Waals surface area contributed by atoms with Gasteiger partial charge in [0.15, 0.2) is 0 Å². The molecule has 1 aromatic heterocycles. The van der Waals surface area contributed by atoms with E-state index in [0.29, 0.717) is 0 Å². The fourth-order valence-electron chi connectivity index (χ4n) is 0.908. The topological polar surface area (TPSA) is 38.9 Å². The molecule has 0 atom stereocenters. The summed E-state index contributed by atoms with van der Waals surface area (Å²) in [6.07, 6.45) is 2.88. The number of nitrogens with zero attached hydrogens (tertiary/aromatic N) is 1. The second-order valence-electron chi connectivity index (χ2n) is 2.47. The average molecular weight is 219 g/mol. The first-order valence-corrected chi connectivity index (χ1v) is 5.26. The van der Waals surface area contributed by atoms with Crippen molar-refractivity contribution in [3.8, 4) is 0 Å². The van der Waals surface area contributed by atoms with Gasteiger partial charge in [0.05, 0.1) is 0 Å². The summed E-state index contributed by atoms with van der Waals surface area (Å²) >= 11 is 1.88. The van der Waals surface area contributed by atoms with Crippen LogP contribution in [0.2, 0.25) is 0 Å². The summed E-state index contributed by atoms with van der Waals surface area (Å²) < 4.78 is 0. The van der Waals surface area contributed by atoms with Crippen LogP contribution in [0.3, 0.4) is 0 Å². The molecule has 1 rings (SSSR count). The molecule has 0 bridgehead atoms. The quantitative estimate of drug-likeness (QED) is 0.766. The van der Waals surface area contributed by atoms with E-state index in [1.165, 1.54) is 5.69 Å². The number of hydrogen-bond donors (Lipinski definition) is 1. The average Bonchev–Trinajstić information content (AvgIpc) is 2.14. The summed E-state index contributed by atoms with van der Waals surface area (Å²) in [6.45, 7) is 0.771. The maximum Gasteiger partial charge on any atom is 0.0411 e. The lowest BCUT2D eigenvalue weighted by atomic mass is 10.3. The molecule has 1 heterocycles. The third kappa shape index (κ3) is 5.91. The molecule has 0 aromatic carbocycles. The number of aromatic nitrogens is 1. The molecule has 0 saturated heterocycles. The lowest BCUT2D eigenvalue weighted by molar-refractivity contribution is 1.04. The summed E-state index contributed by atoms with van der Waals surface area (Å²) in [5.41, 5.74) is 6.54. The van der Waals surface area contributed by atoms with Gasteiger partial charge in [-0.2, -0.15) is 11.8 Å². The first kappa shape index (κ1) is 12.8. The minimum Gasteiger partial charge on any atom is -0.330 e. The number of hydrogen-bond acceptors (Lipinski definition) is 3. The van der Waals surface area contributed by atoms with Crippen LogP contribution in [-0.4, -0.2) is 23.0 Å². The Labute approximate surface area is 89.7 Å². The summed E-state index contributed by atoms with van der Waals surface area (Å²) in [5, 5.41) is 0. The van der Waals surface area contributed by atoms with Crippen LogP contribution in [0.1, 0.15) is 5.69 Å². The van der Waals surface area contributed by atoms with Gasteiger partial charge in [-0.05, 0) is 24.3 Å². The van der Waals surface area contributed by atoms with Crippen LogP contribution in [0.15, 0.2) is 24.4 Å². The molecule has 0 amide bonds. The number of rotatable bonds is 5. The van der Waals surface area contributed by atoms with Crippen molar-refractivity contribution in [2.24, 2.45) is 5.73 Å². The molecule has 0 aliphatic heterocycles. The van der Waals surface area contributed by atoms with Crippen molar-refractivity contribution in [2.75, 3.05) is 18.1 Å². The van der Waals surface area contributed by atoms with E-state index in [4.69, 9.17) is 5.73 Å². The lowest BCUT2D eigenvalue weighted by Gasteiger charge is -1.98. The van der Waals surface area contributed by atoms with E-state index in [0.717, 1.165) is 24.5 Å². The van der Waals surface area contributed by atoms with Crippen LogP contribution in [0.25, 0.3) is 0 Å². The van der Waals surface area contributed by atoms with Gasteiger partial charge in [0.25, 0.3) is 0 Å². The van der Waals surface area contributed by atoms with Crippen molar-refractivity contribution in [3.05, 3.63) is 30.1 Å². The van der Waals surface area contributed by atoms with Gasteiger partial charge in [-0.3, -0.25) is 4.98 Å². The van der Waals surface area contributed by atoms with E-state index in [2.05, 4.69) is 11.1 Å². The van der Waals surface area contributed by atoms with Gasteiger partial charge in [0.2, 0.25) is 0 Å². The van der Waals surface area contributed by atoms with Crippen LogP contribution in [0.4, 0.5) is 0 Å². The van der Waals surface area contributed by atoms with Gasteiger partial charge in [-0.25, -0.2) is 0 Å². The van der Waals surface area contributed by atoms with E-state index >= 15 is 0 Å². The van der Waals surface area contributed by atoms with Crippen molar-refractivity contribution in [3.63, 3.8) is 0 Å². The molecule has 0 aliphatic rings. The second kappa shape index (κ2) is 8.35. The SMILES string of the molecule is Cl.NCCSCCc1ccccn1. The Morgan fingerprint density at radius 3 is 2.77 bits per heavy atom.